The van der Waals surface area contributed by atoms with Crippen molar-refractivity contribution in [3.8, 4) is 0 Å². The molecule has 0 aromatic heterocycles. The van der Waals surface area contributed by atoms with E-state index < -0.39 is 0 Å². The number of fused-ring (bicyclic) bond motifs is 1. The third-order valence-corrected chi connectivity index (χ3v) is 7.01. The first kappa shape index (κ1) is 23.8. The molecule has 3 amide bonds. The van der Waals surface area contributed by atoms with Gasteiger partial charge in [0.05, 0.1) is 11.1 Å². The molecule has 0 aliphatic carbocycles. The molecule has 184 valence electrons. The third-order valence-electron chi connectivity index (χ3n) is 7.01. The SMILES string of the molecule is CCN1CCN(c2ccc(NC(=O)c3ccc4c(c3)C(=O)N(CCc3ccccc3)C4=O)cc2)CC1. The van der Waals surface area contributed by atoms with Crippen LogP contribution in [0.25, 0.3) is 0 Å². The molecule has 2 aliphatic heterocycles. The molecule has 1 saturated heterocycles. The monoisotopic (exact) mass is 482 g/mol. The minimum absolute atomic E-state index is 0.280. The minimum Gasteiger partial charge on any atom is -0.369 e. The van der Waals surface area contributed by atoms with Crippen molar-refractivity contribution in [1.82, 2.24) is 9.80 Å². The van der Waals surface area contributed by atoms with E-state index in [1.54, 1.807) is 12.1 Å². The van der Waals surface area contributed by atoms with Crippen LogP contribution >= 0.6 is 0 Å². The molecule has 2 aliphatic rings. The van der Waals surface area contributed by atoms with Gasteiger partial charge < -0.3 is 15.1 Å². The van der Waals surface area contributed by atoms with E-state index in [9.17, 15) is 14.4 Å². The Bertz CT molecular complexity index is 1270. The highest BCUT2D eigenvalue weighted by Crippen LogP contribution is 2.25. The van der Waals surface area contributed by atoms with Gasteiger partial charge in [-0.3, -0.25) is 19.3 Å². The number of amides is 3. The predicted molar refractivity (Wildman–Crippen MR) is 141 cm³/mol. The maximum Gasteiger partial charge on any atom is 0.261 e. The number of carbonyl (C=O) groups is 3. The molecular weight excluding hydrogens is 452 g/mol. The number of rotatable bonds is 7. The Kier molecular flexibility index (Phi) is 6.82. The van der Waals surface area contributed by atoms with Crippen LogP contribution in [0.2, 0.25) is 0 Å². The summed E-state index contributed by atoms with van der Waals surface area (Å²) in [6.45, 7) is 7.65. The molecule has 0 unspecified atom stereocenters. The molecule has 1 fully saturated rings. The van der Waals surface area contributed by atoms with E-state index in [0.717, 1.165) is 44.0 Å². The van der Waals surface area contributed by atoms with Crippen molar-refractivity contribution in [3.05, 3.63) is 95.1 Å². The summed E-state index contributed by atoms with van der Waals surface area (Å²) < 4.78 is 0. The largest absolute Gasteiger partial charge is 0.369 e. The van der Waals surface area contributed by atoms with Crippen LogP contribution < -0.4 is 10.2 Å². The summed E-state index contributed by atoms with van der Waals surface area (Å²) in [5, 5.41) is 2.90. The molecule has 3 aromatic rings. The summed E-state index contributed by atoms with van der Waals surface area (Å²) in [4.78, 5) is 44.7. The summed E-state index contributed by atoms with van der Waals surface area (Å²) in [6, 6.07) is 22.3. The molecule has 0 saturated carbocycles. The average Bonchev–Trinajstić information content (AvgIpc) is 3.17. The van der Waals surface area contributed by atoms with Gasteiger partial charge in [0.1, 0.15) is 0 Å². The number of carbonyl (C=O) groups excluding carboxylic acids is 3. The van der Waals surface area contributed by atoms with E-state index in [1.165, 1.54) is 11.0 Å². The number of likely N-dealkylation sites (N-methyl/N-ethyl adjacent to an activating group) is 1. The Balaban J connectivity index is 1.22. The van der Waals surface area contributed by atoms with E-state index in [0.29, 0.717) is 29.8 Å². The van der Waals surface area contributed by atoms with Crippen LogP contribution in [0.4, 0.5) is 11.4 Å². The zero-order valence-corrected chi connectivity index (χ0v) is 20.4. The first-order valence-corrected chi connectivity index (χ1v) is 12.5. The molecule has 0 bridgehead atoms. The van der Waals surface area contributed by atoms with Crippen LogP contribution in [0.15, 0.2) is 72.8 Å². The van der Waals surface area contributed by atoms with E-state index in [2.05, 4.69) is 22.0 Å². The molecule has 5 rings (SSSR count). The van der Waals surface area contributed by atoms with Crippen LogP contribution in [0.5, 0.6) is 0 Å². The lowest BCUT2D eigenvalue weighted by molar-refractivity contribution is 0.0656. The van der Waals surface area contributed by atoms with E-state index in [1.807, 2.05) is 54.6 Å². The van der Waals surface area contributed by atoms with Crippen molar-refractivity contribution < 1.29 is 14.4 Å². The highest BCUT2D eigenvalue weighted by Gasteiger charge is 2.35. The Morgan fingerprint density at radius 2 is 1.53 bits per heavy atom. The van der Waals surface area contributed by atoms with E-state index >= 15 is 0 Å². The fourth-order valence-electron chi connectivity index (χ4n) is 4.80. The molecule has 7 heteroatoms. The third kappa shape index (κ3) is 4.88. The van der Waals surface area contributed by atoms with Gasteiger partial charge in [0.2, 0.25) is 0 Å². The quantitative estimate of drug-likeness (QED) is 0.517. The first-order chi connectivity index (χ1) is 17.5. The number of imide groups is 1. The van der Waals surface area contributed by atoms with Crippen molar-refractivity contribution >= 4 is 29.1 Å². The first-order valence-electron chi connectivity index (χ1n) is 12.5. The summed E-state index contributed by atoms with van der Waals surface area (Å²) >= 11 is 0. The lowest BCUT2D eigenvalue weighted by atomic mass is 10.1. The maximum atomic E-state index is 13.0. The molecule has 2 heterocycles. The van der Waals surface area contributed by atoms with Gasteiger partial charge in [0.25, 0.3) is 17.7 Å². The van der Waals surface area contributed by atoms with Crippen molar-refractivity contribution in [2.75, 3.05) is 49.5 Å². The summed E-state index contributed by atoms with van der Waals surface area (Å²) in [6.07, 6.45) is 0.587. The van der Waals surface area contributed by atoms with Crippen molar-refractivity contribution in [3.63, 3.8) is 0 Å². The Morgan fingerprint density at radius 1 is 0.833 bits per heavy atom. The van der Waals surface area contributed by atoms with Crippen LogP contribution in [0.1, 0.15) is 43.6 Å². The number of nitrogens with zero attached hydrogens (tertiary/aromatic N) is 3. The molecule has 7 nitrogen and oxygen atoms in total. The molecule has 36 heavy (non-hydrogen) atoms. The molecule has 0 radical (unpaired) electrons. The summed E-state index contributed by atoms with van der Waals surface area (Å²) in [7, 11) is 0. The van der Waals surface area contributed by atoms with Gasteiger partial charge in [-0.1, -0.05) is 37.3 Å². The molecule has 3 aromatic carbocycles. The topological polar surface area (TPSA) is 73.0 Å². The van der Waals surface area contributed by atoms with Crippen LogP contribution in [0.3, 0.4) is 0 Å². The second-order valence-corrected chi connectivity index (χ2v) is 9.18. The van der Waals surface area contributed by atoms with Gasteiger partial charge >= 0.3 is 0 Å². The lowest BCUT2D eigenvalue weighted by Crippen LogP contribution is -2.46. The van der Waals surface area contributed by atoms with Gasteiger partial charge in [0.15, 0.2) is 0 Å². The Hall–Kier alpha value is -3.97. The van der Waals surface area contributed by atoms with Gasteiger partial charge in [-0.2, -0.15) is 0 Å². The number of hydrogen-bond acceptors (Lipinski definition) is 5. The van der Waals surface area contributed by atoms with Crippen molar-refractivity contribution in [2.45, 2.75) is 13.3 Å². The van der Waals surface area contributed by atoms with E-state index in [4.69, 9.17) is 0 Å². The van der Waals surface area contributed by atoms with Gasteiger partial charge in [0, 0.05) is 49.7 Å². The number of benzene rings is 3. The number of hydrogen-bond donors (Lipinski definition) is 1. The number of nitrogens with one attached hydrogen (secondary N) is 1. The van der Waals surface area contributed by atoms with Gasteiger partial charge in [-0.05, 0) is 61.0 Å². The lowest BCUT2D eigenvalue weighted by Gasteiger charge is -2.35. The summed E-state index contributed by atoms with van der Waals surface area (Å²) in [5.41, 5.74) is 3.85. The Morgan fingerprint density at radius 3 is 2.22 bits per heavy atom. The standard InChI is InChI=1S/C29H30N4O3/c1-2-31-16-18-32(19-17-31)24-11-9-23(10-12-24)30-27(34)22-8-13-25-26(20-22)29(36)33(28(25)35)15-14-21-6-4-3-5-7-21/h3-13,20H,2,14-19H2,1H3,(H,30,34). The Labute approximate surface area is 211 Å². The predicted octanol–water partition coefficient (Wildman–Crippen LogP) is 3.92. The molecular formula is C29H30N4O3. The summed E-state index contributed by atoms with van der Waals surface area (Å²) in [5.74, 6) is -0.980. The smallest absolute Gasteiger partial charge is 0.261 e. The fourth-order valence-corrected chi connectivity index (χ4v) is 4.80. The van der Waals surface area contributed by atoms with E-state index in [-0.39, 0.29) is 23.3 Å². The highest BCUT2D eigenvalue weighted by atomic mass is 16.2. The van der Waals surface area contributed by atoms with Crippen LogP contribution in [-0.2, 0) is 6.42 Å². The number of piperazine rings is 1. The zero-order chi connectivity index (χ0) is 25.1. The van der Waals surface area contributed by atoms with Crippen molar-refractivity contribution in [2.24, 2.45) is 0 Å². The minimum atomic E-state index is -0.354. The van der Waals surface area contributed by atoms with Gasteiger partial charge in [-0.15, -0.1) is 0 Å². The normalized spacial score (nSPS) is 15.8. The second kappa shape index (κ2) is 10.3. The van der Waals surface area contributed by atoms with Gasteiger partial charge in [-0.25, -0.2) is 0 Å². The van der Waals surface area contributed by atoms with Crippen LogP contribution in [-0.4, -0.2) is 66.8 Å². The zero-order valence-electron chi connectivity index (χ0n) is 20.4. The maximum absolute atomic E-state index is 13.0. The molecule has 0 spiro atoms. The van der Waals surface area contributed by atoms with Crippen molar-refractivity contribution in [1.29, 1.82) is 0 Å². The highest BCUT2D eigenvalue weighted by molar-refractivity contribution is 6.22. The van der Waals surface area contributed by atoms with Crippen LogP contribution in [0, 0.1) is 0 Å². The average molecular weight is 483 g/mol. The number of anilines is 2. The second-order valence-electron chi connectivity index (χ2n) is 9.18. The molecule has 1 N–H and O–H groups in total. The molecule has 0 atom stereocenters. The fraction of sp³-hybridized carbons (Fsp3) is 0.276.